The van der Waals surface area contributed by atoms with Crippen LogP contribution in [0.25, 0.3) is 10.9 Å². The van der Waals surface area contributed by atoms with Gasteiger partial charge in [-0.15, -0.1) is 0 Å². The summed E-state index contributed by atoms with van der Waals surface area (Å²) < 4.78 is 23.9. The molecule has 0 spiro atoms. The molecule has 0 aliphatic carbocycles. The second kappa shape index (κ2) is 7.52. The van der Waals surface area contributed by atoms with E-state index >= 15 is 0 Å². The van der Waals surface area contributed by atoms with Gasteiger partial charge >= 0.3 is 0 Å². The first kappa shape index (κ1) is 19.5. The van der Waals surface area contributed by atoms with Gasteiger partial charge in [0.2, 0.25) is 10.0 Å². The molecule has 1 aliphatic rings. The molecule has 1 aromatic heterocycles. The van der Waals surface area contributed by atoms with Crippen LogP contribution in [0.2, 0.25) is 5.02 Å². The van der Waals surface area contributed by atoms with E-state index in [1.165, 1.54) is 6.07 Å². The summed E-state index contributed by atoms with van der Waals surface area (Å²) in [5.41, 5.74) is 2.65. The number of halogens is 1. The van der Waals surface area contributed by atoms with E-state index in [9.17, 15) is 13.7 Å². The van der Waals surface area contributed by atoms with E-state index in [4.69, 9.17) is 16.7 Å². The number of para-hydroxylation sites is 1. The van der Waals surface area contributed by atoms with Crippen molar-refractivity contribution in [1.29, 1.82) is 5.26 Å². The minimum atomic E-state index is -3.81. The van der Waals surface area contributed by atoms with Crippen LogP contribution in [0.3, 0.4) is 0 Å². The molecule has 0 radical (unpaired) electrons. The summed E-state index contributed by atoms with van der Waals surface area (Å²) in [6, 6.07) is 14.4. The molecule has 0 atom stereocenters. The Kier molecular flexibility index (Phi) is 5.04. The lowest BCUT2D eigenvalue weighted by Gasteiger charge is -2.38. The summed E-state index contributed by atoms with van der Waals surface area (Å²) in [7, 11) is -3.81. The van der Waals surface area contributed by atoms with E-state index in [1.807, 2.05) is 17.0 Å². The Labute approximate surface area is 174 Å². The monoisotopic (exact) mass is 427 g/mol. The van der Waals surface area contributed by atoms with Crippen LogP contribution < -0.4 is 14.9 Å². The fourth-order valence-electron chi connectivity index (χ4n) is 3.70. The molecule has 4 rings (SSSR count). The molecule has 29 heavy (non-hydrogen) atoms. The van der Waals surface area contributed by atoms with E-state index in [1.54, 1.807) is 30.5 Å². The number of piperazine rings is 1. The Hall–Kier alpha value is -2.86. The largest absolute Gasteiger partial charge is 0.367 e. The van der Waals surface area contributed by atoms with E-state index in [-0.39, 0.29) is 4.90 Å². The number of fused-ring (bicyclic) bond motifs is 1. The number of aromatic nitrogens is 1. The van der Waals surface area contributed by atoms with Crippen LogP contribution in [0.1, 0.15) is 5.56 Å². The number of nitrogens with two attached hydrogens (primary N) is 1. The second-order valence-corrected chi connectivity index (χ2v) is 8.75. The Bertz CT molecular complexity index is 1230. The number of rotatable bonds is 3. The van der Waals surface area contributed by atoms with Gasteiger partial charge in [-0.05, 0) is 30.3 Å². The van der Waals surface area contributed by atoms with Gasteiger partial charge in [0.05, 0.1) is 22.5 Å². The number of hydrogen-bond donors (Lipinski definition) is 1. The fraction of sp³-hybridized carbons (Fsp3) is 0.200. The first-order chi connectivity index (χ1) is 13.9. The van der Waals surface area contributed by atoms with Crippen molar-refractivity contribution in [2.75, 3.05) is 36.0 Å². The number of benzene rings is 2. The van der Waals surface area contributed by atoms with E-state index in [0.29, 0.717) is 42.5 Å². The lowest BCUT2D eigenvalue weighted by atomic mass is 10.1. The highest BCUT2D eigenvalue weighted by molar-refractivity contribution is 7.89. The van der Waals surface area contributed by atoms with Gasteiger partial charge in [-0.25, -0.2) is 13.6 Å². The van der Waals surface area contributed by atoms with Gasteiger partial charge < -0.3 is 9.80 Å². The maximum absolute atomic E-state index is 11.9. The van der Waals surface area contributed by atoms with Crippen molar-refractivity contribution < 1.29 is 8.42 Å². The first-order valence-corrected chi connectivity index (χ1v) is 10.9. The third kappa shape index (κ3) is 3.72. The van der Waals surface area contributed by atoms with Crippen LogP contribution in [0.15, 0.2) is 53.6 Å². The Morgan fingerprint density at radius 3 is 2.45 bits per heavy atom. The molecule has 2 N–H and O–H groups in total. The van der Waals surface area contributed by atoms with Gasteiger partial charge in [0.1, 0.15) is 11.0 Å². The number of pyridine rings is 1. The van der Waals surface area contributed by atoms with Crippen LogP contribution in [0.4, 0.5) is 11.4 Å². The lowest BCUT2D eigenvalue weighted by molar-refractivity contribution is 0.595. The van der Waals surface area contributed by atoms with Crippen molar-refractivity contribution in [2.24, 2.45) is 5.14 Å². The molecule has 0 bridgehead atoms. The zero-order valence-electron chi connectivity index (χ0n) is 15.4. The molecular weight excluding hydrogens is 410 g/mol. The summed E-state index contributed by atoms with van der Waals surface area (Å²) in [6.45, 7) is 2.39. The van der Waals surface area contributed by atoms with E-state index in [0.717, 1.165) is 16.6 Å². The molecule has 2 aromatic carbocycles. The Morgan fingerprint density at radius 1 is 1.07 bits per heavy atom. The number of primary sulfonamides is 1. The van der Waals surface area contributed by atoms with Crippen molar-refractivity contribution in [2.45, 2.75) is 4.90 Å². The molecule has 3 aromatic rings. The maximum atomic E-state index is 11.9. The smallest absolute Gasteiger partial charge is 0.240 e. The molecule has 1 fully saturated rings. The number of hydrogen-bond acceptors (Lipinski definition) is 6. The molecule has 9 heteroatoms. The van der Waals surface area contributed by atoms with Gasteiger partial charge in [-0.2, -0.15) is 5.26 Å². The van der Waals surface area contributed by atoms with E-state index < -0.39 is 10.0 Å². The fourth-order valence-corrected chi connectivity index (χ4v) is 4.63. The molecule has 0 amide bonds. The van der Waals surface area contributed by atoms with Crippen LogP contribution in [-0.2, 0) is 10.0 Å². The highest BCUT2D eigenvalue weighted by atomic mass is 35.5. The van der Waals surface area contributed by atoms with Gasteiger partial charge in [-0.1, -0.05) is 23.7 Å². The van der Waals surface area contributed by atoms with Crippen molar-refractivity contribution >= 4 is 43.9 Å². The third-order valence-corrected chi connectivity index (χ3v) is 6.22. The van der Waals surface area contributed by atoms with Crippen molar-refractivity contribution in [3.05, 3.63) is 59.2 Å². The summed E-state index contributed by atoms with van der Waals surface area (Å²) in [4.78, 5) is 8.59. The van der Waals surface area contributed by atoms with Gasteiger partial charge in [0, 0.05) is 42.8 Å². The minimum absolute atomic E-state index is 0.118. The Balaban J connectivity index is 1.67. The van der Waals surface area contributed by atoms with Gasteiger partial charge in [0.25, 0.3) is 0 Å². The zero-order valence-corrected chi connectivity index (χ0v) is 17.0. The quantitative estimate of drug-likeness (QED) is 0.689. The van der Waals surface area contributed by atoms with E-state index in [2.05, 4.69) is 16.0 Å². The number of nitriles is 1. The predicted molar refractivity (Wildman–Crippen MR) is 114 cm³/mol. The third-order valence-electron chi connectivity index (χ3n) is 5.03. The molecule has 0 saturated carbocycles. The van der Waals surface area contributed by atoms with Gasteiger partial charge in [0.15, 0.2) is 0 Å². The van der Waals surface area contributed by atoms with Crippen LogP contribution in [-0.4, -0.2) is 39.6 Å². The van der Waals surface area contributed by atoms with Crippen molar-refractivity contribution in [1.82, 2.24) is 4.98 Å². The lowest BCUT2D eigenvalue weighted by Crippen LogP contribution is -2.47. The molecular formula is C20H18ClN5O2S. The van der Waals surface area contributed by atoms with Crippen LogP contribution in [0, 0.1) is 11.3 Å². The first-order valence-electron chi connectivity index (χ1n) is 8.98. The average Bonchev–Trinajstić information content (AvgIpc) is 2.72. The summed E-state index contributed by atoms with van der Waals surface area (Å²) >= 11 is 6.18. The molecule has 148 valence electrons. The summed E-state index contributed by atoms with van der Waals surface area (Å²) in [5.74, 6) is 0. The van der Waals surface area contributed by atoms with Gasteiger partial charge in [-0.3, -0.25) is 4.98 Å². The number of sulfonamides is 1. The normalized spacial score (nSPS) is 14.8. The predicted octanol–water partition coefficient (Wildman–Crippen LogP) is 2.73. The number of anilines is 2. The Morgan fingerprint density at radius 2 is 1.76 bits per heavy atom. The molecule has 1 aliphatic heterocycles. The molecule has 2 heterocycles. The summed E-state index contributed by atoms with van der Waals surface area (Å²) in [6.07, 6.45) is 1.58. The van der Waals surface area contributed by atoms with Crippen LogP contribution in [0.5, 0.6) is 0 Å². The van der Waals surface area contributed by atoms with Crippen molar-refractivity contribution in [3.63, 3.8) is 0 Å². The molecule has 1 saturated heterocycles. The number of nitrogens with zero attached hydrogens (tertiary/aromatic N) is 4. The average molecular weight is 428 g/mol. The topological polar surface area (TPSA) is 103 Å². The molecule has 0 unspecified atom stereocenters. The maximum Gasteiger partial charge on any atom is 0.240 e. The second-order valence-electron chi connectivity index (χ2n) is 6.78. The zero-order chi connectivity index (χ0) is 20.6. The highest BCUT2D eigenvalue weighted by Gasteiger charge is 2.25. The standard InChI is InChI=1S/C20H18ClN5O2S/c21-15-5-6-17-16(11-15)20(14(12-22)13-24-17)26-9-7-25(8-10-26)18-3-1-2-4-19(18)29(23,27)28/h1-6,11,13H,7-10H2,(H2,23,27,28). The van der Waals surface area contributed by atoms with Crippen LogP contribution >= 0.6 is 11.6 Å². The summed E-state index contributed by atoms with van der Waals surface area (Å²) in [5, 5.41) is 16.4. The SMILES string of the molecule is N#Cc1cnc2ccc(Cl)cc2c1N1CCN(c2ccccc2S(N)(=O)=O)CC1. The van der Waals surface area contributed by atoms with Crippen molar-refractivity contribution in [3.8, 4) is 6.07 Å². The minimum Gasteiger partial charge on any atom is -0.367 e. The highest BCUT2D eigenvalue weighted by Crippen LogP contribution is 2.33. The molecule has 7 nitrogen and oxygen atoms in total.